The first kappa shape index (κ1) is 18.1. The predicted octanol–water partition coefficient (Wildman–Crippen LogP) is 2.40. The zero-order valence-corrected chi connectivity index (χ0v) is 13.3. The Hall–Kier alpha value is -2.25. The van der Waals surface area contributed by atoms with Gasteiger partial charge in [-0.1, -0.05) is 18.2 Å². The molecule has 0 radical (unpaired) electrons. The lowest BCUT2D eigenvalue weighted by atomic mass is 9.96. The SMILES string of the molecule is Cc1cccc(C)c1OCC(=O)N1C[C@@H](C(F)(F)F)[C@H](C(=O)O)C1. The molecule has 8 heteroatoms. The maximum Gasteiger partial charge on any atom is 0.394 e. The van der Waals surface area contributed by atoms with E-state index in [2.05, 4.69) is 0 Å². The topological polar surface area (TPSA) is 66.8 Å². The number of likely N-dealkylation sites (tertiary alicyclic amines) is 1. The molecule has 0 aliphatic carbocycles. The monoisotopic (exact) mass is 345 g/mol. The second-order valence-electron chi connectivity index (χ2n) is 5.90. The largest absolute Gasteiger partial charge is 0.483 e. The van der Waals surface area contributed by atoms with Gasteiger partial charge in [0.1, 0.15) is 5.75 Å². The fraction of sp³-hybridized carbons (Fsp3) is 0.500. The summed E-state index contributed by atoms with van der Waals surface area (Å²) in [5.74, 6) is -5.40. The van der Waals surface area contributed by atoms with Crippen molar-refractivity contribution >= 4 is 11.9 Å². The van der Waals surface area contributed by atoms with E-state index in [9.17, 15) is 22.8 Å². The fourth-order valence-electron chi connectivity index (χ4n) is 2.84. The Kier molecular flexibility index (Phi) is 5.05. The quantitative estimate of drug-likeness (QED) is 0.910. The lowest BCUT2D eigenvalue weighted by molar-refractivity contribution is -0.188. The molecule has 0 aromatic heterocycles. The van der Waals surface area contributed by atoms with Crippen LogP contribution >= 0.6 is 0 Å². The number of amides is 1. The third-order valence-corrected chi connectivity index (χ3v) is 4.16. The van der Waals surface area contributed by atoms with Crippen LogP contribution < -0.4 is 4.74 Å². The van der Waals surface area contributed by atoms with E-state index in [1.165, 1.54) is 0 Å². The van der Waals surface area contributed by atoms with Crippen molar-refractivity contribution in [2.75, 3.05) is 19.7 Å². The molecule has 132 valence electrons. The molecule has 1 aromatic rings. The van der Waals surface area contributed by atoms with E-state index in [0.717, 1.165) is 16.0 Å². The van der Waals surface area contributed by atoms with E-state index >= 15 is 0 Å². The molecule has 1 fully saturated rings. The number of carbonyl (C=O) groups excluding carboxylic acids is 1. The molecular weight excluding hydrogens is 327 g/mol. The van der Waals surface area contributed by atoms with Gasteiger partial charge in [-0.05, 0) is 25.0 Å². The van der Waals surface area contributed by atoms with E-state index in [1.807, 2.05) is 6.07 Å². The molecule has 1 heterocycles. The molecule has 0 unspecified atom stereocenters. The third-order valence-electron chi connectivity index (χ3n) is 4.16. The minimum absolute atomic E-state index is 0.428. The van der Waals surface area contributed by atoms with Crippen LogP contribution in [0.4, 0.5) is 13.2 Å². The molecule has 1 aliphatic heterocycles. The Morgan fingerprint density at radius 1 is 1.25 bits per heavy atom. The number of alkyl halides is 3. The van der Waals surface area contributed by atoms with Crippen molar-refractivity contribution in [1.82, 2.24) is 4.90 Å². The number of rotatable bonds is 4. The van der Waals surface area contributed by atoms with Crippen LogP contribution in [0.1, 0.15) is 11.1 Å². The second kappa shape index (κ2) is 6.70. The van der Waals surface area contributed by atoms with Crippen LogP contribution in [0.2, 0.25) is 0 Å². The van der Waals surface area contributed by atoms with Gasteiger partial charge in [0.05, 0.1) is 11.8 Å². The smallest absolute Gasteiger partial charge is 0.394 e. The van der Waals surface area contributed by atoms with Crippen LogP contribution in [0.3, 0.4) is 0 Å². The first-order valence-electron chi connectivity index (χ1n) is 7.37. The summed E-state index contributed by atoms with van der Waals surface area (Å²) in [6.07, 6.45) is -4.66. The molecule has 2 atom stereocenters. The molecule has 1 aromatic carbocycles. The first-order valence-corrected chi connectivity index (χ1v) is 7.37. The number of benzene rings is 1. The lowest BCUT2D eigenvalue weighted by Gasteiger charge is -2.19. The number of aryl methyl sites for hydroxylation is 2. The first-order chi connectivity index (χ1) is 11.1. The van der Waals surface area contributed by atoms with Gasteiger partial charge in [0, 0.05) is 13.1 Å². The third kappa shape index (κ3) is 3.80. The van der Waals surface area contributed by atoms with E-state index in [0.29, 0.717) is 5.75 Å². The number of carboxylic acids is 1. The van der Waals surface area contributed by atoms with E-state index in [4.69, 9.17) is 9.84 Å². The minimum atomic E-state index is -4.66. The van der Waals surface area contributed by atoms with Crippen LogP contribution in [-0.4, -0.2) is 47.8 Å². The van der Waals surface area contributed by atoms with Crippen molar-refractivity contribution in [1.29, 1.82) is 0 Å². The van der Waals surface area contributed by atoms with Gasteiger partial charge in [-0.15, -0.1) is 0 Å². The Balaban J connectivity index is 2.04. The summed E-state index contributed by atoms with van der Waals surface area (Å²) in [4.78, 5) is 24.1. The summed E-state index contributed by atoms with van der Waals surface area (Å²) < 4.78 is 44.2. The van der Waals surface area contributed by atoms with Crippen LogP contribution in [0.15, 0.2) is 18.2 Å². The summed E-state index contributed by atoms with van der Waals surface area (Å²) >= 11 is 0. The second-order valence-corrected chi connectivity index (χ2v) is 5.90. The summed E-state index contributed by atoms with van der Waals surface area (Å²) in [7, 11) is 0. The van der Waals surface area contributed by atoms with Crippen molar-refractivity contribution in [2.45, 2.75) is 20.0 Å². The Morgan fingerprint density at radius 3 is 2.29 bits per heavy atom. The summed E-state index contributed by atoms with van der Waals surface area (Å²) in [6, 6.07) is 5.41. The molecule has 1 amide bonds. The zero-order valence-electron chi connectivity index (χ0n) is 13.3. The average molecular weight is 345 g/mol. The number of nitrogens with zero attached hydrogens (tertiary/aromatic N) is 1. The summed E-state index contributed by atoms with van der Waals surface area (Å²) in [6.45, 7) is 2.04. The van der Waals surface area contributed by atoms with Gasteiger partial charge in [-0.25, -0.2) is 0 Å². The fourth-order valence-corrected chi connectivity index (χ4v) is 2.84. The van der Waals surface area contributed by atoms with Gasteiger partial charge in [0.15, 0.2) is 6.61 Å². The van der Waals surface area contributed by atoms with Crippen molar-refractivity contribution in [3.8, 4) is 5.75 Å². The normalized spacial score (nSPS) is 21.0. The van der Waals surface area contributed by atoms with Crippen LogP contribution in [-0.2, 0) is 9.59 Å². The van der Waals surface area contributed by atoms with Gasteiger partial charge in [0.2, 0.25) is 0 Å². The number of hydrogen-bond acceptors (Lipinski definition) is 3. The number of carbonyl (C=O) groups is 2. The number of para-hydroxylation sites is 1. The van der Waals surface area contributed by atoms with Crippen molar-refractivity contribution in [2.24, 2.45) is 11.8 Å². The Morgan fingerprint density at radius 2 is 1.83 bits per heavy atom. The van der Waals surface area contributed by atoms with Gasteiger partial charge < -0.3 is 14.7 Å². The maximum atomic E-state index is 12.9. The molecule has 1 saturated heterocycles. The number of halogens is 3. The van der Waals surface area contributed by atoms with E-state index < -0.39 is 49.6 Å². The zero-order chi connectivity index (χ0) is 18.1. The van der Waals surface area contributed by atoms with Crippen molar-refractivity contribution < 1.29 is 32.6 Å². The molecule has 2 rings (SSSR count). The highest BCUT2D eigenvalue weighted by atomic mass is 19.4. The molecule has 24 heavy (non-hydrogen) atoms. The predicted molar refractivity (Wildman–Crippen MR) is 78.7 cm³/mol. The highest BCUT2D eigenvalue weighted by Gasteiger charge is 2.53. The van der Waals surface area contributed by atoms with Crippen LogP contribution in [0.25, 0.3) is 0 Å². The van der Waals surface area contributed by atoms with Crippen LogP contribution in [0.5, 0.6) is 5.75 Å². The average Bonchev–Trinajstić information content (AvgIpc) is 2.92. The Labute approximate surface area is 137 Å². The van der Waals surface area contributed by atoms with Gasteiger partial charge in [-0.3, -0.25) is 9.59 Å². The van der Waals surface area contributed by atoms with E-state index in [1.54, 1.807) is 26.0 Å². The van der Waals surface area contributed by atoms with Crippen molar-refractivity contribution in [3.63, 3.8) is 0 Å². The van der Waals surface area contributed by atoms with Gasteiger partial charge in [-0.2, -0.15) is 13.2 Å². The van der Waals surface area contributed by atoms with Gasteiger partial charge >= 0.3 is 12.1 Å². The molecule has 0 spiro atoms. The molecule has 0 saturated carbocycles. The molecule has 0 bridgehead atoms. The Bertz CT molecular complexity index is 624. The van der Waals surface area contributed by atoms with Crippen LogP contribution in [0, 0.1) is 25.7 Å². The number of carboxylic acid groups (broad SMARTS) is 1. The number of ether oxygens (including phenoxy) is 1. The maximum absolute atomic E-state index is 12.9. The molecule has 1 N–H and O–H groups in total. The standard InChI is InChI=1S/C16H18F3NO4/c1-9-4-3-5-10(2)14(9)24-8-13(21)20-6-11(15(22)23)12(7-20)16(17,18)19/h3-5,11-12H,6-8H2,1-2H3,(H,22,23)/t11-,12-/m1/s1. The molecule has 5 nitrogen and oxygen atoms in total. The highest BCUT2D eigenvalue weighted by Crippen LogP contribution is 2.37. The lowest BCUT2D eigenvalue weighted by Crippen LogP contribution is -2.35. The highest BCUT2D eigenvalue weighted by molar-refractivity contribution is 5.80. The molecular formula is C16H18F3NO4. The summed E-state index contributed by atoms with van der Waals surface area (Å²) in [5.41, 5.74) is 1.61. The van der Waals surface area contributed by atoms with Crippen molar-refractivity contribution in [3.05, 3.63) is 29.3 Å². The van der Waals surface area contributed by atoms with Gasteiger partial charge in [0.25, 0.3) is 5.91 Å². The summed E-state index contributed by atoms with van der Waals surface area (Å²) in [5, 5.41) is 8.96. The van der Waals surface area contributed by atoms with E-state index in [-0.39, 0.29) is 0 Å². The minimum Gasteiger partial charge on any atom is -0.483 e. The number of hydrogen-bond donors (Lipinski definition) is 1. The number of aliphatic carboxylic acids is 1. The molecule has 1 aliphatic rings.